The first-order chi connectivity index (χ1) is 7.45. The van der Waals surface area contributed by atoms with E-state index >= 15 is 0 Å². The predicted molar refractivity (Wildman–Crippen MR) is 59.0 cm³/mol. The third-order valence-electron chi connectivity index (χ3n) is 2.07. The molecule has 1 nitrogen and oxygen atoms in total. The van der Waals surface area contributed by atoms with E-state index in [1.807, 2.05) is 6.08 Å². The van der Waals surface area contributed by atoms with Crippen molar-refractivity contribution < 1.29 is 4.11 Å². The lowest BCUT2D eigenvalue weighted by molar-refractivity contribution is 0.948. The van der Waals surface area contributed by atoms with Crippen LogP contribution >= 0.6 is 0 Å². The van der Waals surface area contributed by atoms with Crippen molar-refractivity contribution in [3.05, 3.63) is 36.6 Å². The molecule has 0 N–H and O–H groups in total. The van der Waals surface area contributed by atoms with Gasteiger partial charge < -0.3 is 0 Å². The fourth-order valence-electron chi connectivity index (χ4n) is 1.23. The molecule has 0 aromatic heterocycles. The highest BCUT2D eigenvalue weighted by molar-refractivity contribution is 6.00. The van der Waals surface area contributed by atoms with Gasteiger partial charge in [0.15, 0.2) is 0 Å². The maximum Gasteiger partial charge on any atom is 0.0432 e. The summed E-state index contributed by atoms with van der Waals surface area (Å²) in [5.41, 5.74) is 2.35. The summed E-state index contributed by atoms with van der Waals surface area (Å²) < 4.78 is 21.8. The Balaban J connectivity index is 2.67. The number of aliphatic imine (C=N–C) groups is 1. The van der Waals surface area contributed by atoms with E-state index in [0.717, 1.165) is 24.1 Å². The lowest BCUT2D eigenvalue weighted by Crippen LogP contribution is -2.05. The molecule has 0 spiro atoms. The van der Waals surface area contributed by atoms with Crippen LogP contribution in [0.1, 0.15) is 36.6 Å². The summed E-state index contributed by atoms with van der Waals surface area (Å²) in [5.74, 6) is 0. The normalized spacial score (nSPS) is 20.5. The molecule has 70 valence electrons. The van der Waals surface area contributed by atoms with Crippen molar-refractivity contribution in [2.24, 2.45) is 4.99 Å². The second kappa shape index (κ2) is 4.80. The molecule has 0 saturated heterocycles. The van der Waals surface area contributed by atoms with Gasteiger partial charge in [-0.25, -0.2) is 0 Å². The van der Waals surface area contributed by atoms with Crippen molar-refractivity contribution >= 4 is 5.71 Å². The second-order valence-corrected chi connectivity index (χ2v) is 3.16. The van der Waals surface area contributed by atoms with Crippen molar-refractivity contribution in [3.63, 3.8) is 0 Å². The molecule has 0 radical (unpaired) electrons. The van der Waals surface area contributed by atoms with Gasteiger partial charge in [0.05, 0.1) is 0 Å². The molecule has 13 heavy (non-hydrogen) atoms. The van der Waals surface area contributed by atoms with E-state index in [1.54, 1.807) is 0 Å². The first-order valence-corrected chi connectivity index (χ1v) is 4.50. The summed E-state index contributed by atoms with van der Waals surface area (Å²) in [5, 5.41) is 0. The molecule has 0 atom stereocenters. The number of rotatable bonds is 4. The first kappa shape index (κ1) is 6.36. The molecule has 1 heterocycles. The Labute approximate surface area is 84.8 Å². The largest absolute Gasteiger partial charge is 0.261 e. The van der Waals surface area contributed by atoms with Crippen LogP contribution in [-0.4, -0.2) is 5.71 Å². The molecule has 0 unspecified atom stereocenters. The smallest absolute Gasteiger partial charge is 0.0432 e. The fraction of sp³-hybridized carbons (Fsp3) is 0.417. The minimum absolute atomic E-state index is 0.438. The summed E-state index contributed by atoms with van der Waals surface area (Å²) in [7, 11) is 0. The van der Waals surface area contributed by atoms with Gasteiger partial charge in [-0.3, -0.25) is 4.99 Å². The molecule has 0 bridgehead atoms. The Hall–Kier alpha value is -1.11. The average Bonchev–Trinajstić information content (AvgIpc) is 2.25. The van der Waals surface area contributed by atoms with Gasteiger partial charge in [0, 0.05) is 16.0 Å². The van der Waals surface area contributed by atoms with E-state index in [0.29, 0.717) is 18.4 Å². The third kappa shape index (κ3) is 3.02. The van der Waals surface area contributed by atoms with Gasteiger partial charge in [0.25, 0.3) is 0 Å². The summed E-state index contributed by atoms with van der Waals surface area (Å²) in [6.45, 7) is 5.61. The van der Waals surface area contributed by atoms with Gasteiger partial charge in [-0.15, -0.1) is 6.58 Å². The van der Waals surface area contributed by atoms with E-state index in [4.69, 9.17) is 4.11 Å². The van der Waals surface area contributed by atoms with Crippen LogP contribution in [0, 0.1) is 0 Å². The Kier molecular flexibility index (Phi) is 2.35. The van der Waals surface area contributed by atoms with Crippen LogP contribution in [0.5, 0.6) is 0 Å². The minimum Gasteiger partial charge on any atom is -0.261 e. The number of hydrogen-bond acceptors (Lipinski definition) is 1. The number of hydrogen-bond donors (Lipinski definition) is 0. The van der Waals surface area contributed by atoms with Gasteiger partial charge in [-0.05, 0) is 38.1 Å². The van der Waals surface area contributed by atoms with Crippen LogP contribution in [0.25, 0.3) is 0 Å². The van der Waals surface area contributed by atoms with Crippen LogP contribution in [0.3, 0.4) is 0 Å². The molecular weight excluding hydrogens is 158 g/mol. The summed E-state index contributed by atoms with van der Waals surface area (Å²) in [4.78, 5) is 4.19. The molecule has 1 aliphatic rings. The SMILES string of the molecule is [2H]C([2H])([2H])C1=CN=C(C(=C)CCC=C)CC1. The molecule has 0 fully saturated rings. The molecule has 0 aromatic carbocycles. The zero-order valence-electron chi connectivity index (χ0n) is 10.8. The standard InChI is InChI=1S/C12H17N/c1-4-5-6-11(3)12-8-7-10(2)9-13-12/h4,9H,1,3,5-8H2,2H3/i2D3. The van der Waals surface area contributed by atoms with Crippen LogP contribution in [0.2, 0.25) is 0 Å². The van der Waals surface area contributed by atoms with Crippen LogP contribution in [0.4, 0.5) is 0 Å². The summed E-state index contributed by atoms with van der Waals surface area (Å²) in [6.07, 6.45) is 6.29. The highest BCUT2D eigenvalue weighted by Gasteiger charge is 2.07. The fourth-order valence-corrected chi connectivity index (χ4v) is 1.23. The molecule has 0 saturated carbocycles. The monoisotopic (exact) mass is 178 g/mol. The maximum absolute atomic E-state index is 7.27. The van der Waals surface area contributed by atoms with Crippen LogP contribution in [-0.2, 0) is 0 Å². The van der Waals surface area contributed by atoms with Gasteiger partial charge >= 0.3 is 0 Å². The Morgan fingerprint density at radius 2 is 2.62 bits per heavy atom. The molecular formula is C12H17N. The van der Waals surface area contributed by atoms with E-state index in [1.165, 1.54) is 6.20 Å². The molecule has 1 heteroatoms. The highest BCUT2D eigenvalue weighted by Crippen LogP contribution is 2.17. The van der Waals surface area contributed by atoms with Crippen molar-refractivity contribution in [2.45, 2.75) is 32.5 Å². The van der Waals surface area contributed by atoms with Crippen LogP contribution in [0.15, 0.2) is 41.6 Å². The zero-order chi connectivity index (χ0) is 12.2. The van der Waals surface area contributed by atoms with Crippen LogP contribution < -0.4 is 0 Å². The number of allylic oxidation sites excluding steroid dienone is 3. The molecule has 0 amide bonds. The van der Waals surface area contributed by atoms with Gasteiger partial charge in [-0.1, -0.05) is 18.2 Å². The van der Waals surface area contributed by atoms with Crippen molar-refractivity contribution in [1.29, 1.82) is 0 Å². The lowest BCUT2D eigenvalue weighted by atomic mass is 9.99. The predicted octanol–water partition coefficient (Wildman–Crippen LogP) is 3.65. The first-order valence-electron chi connectivity index (χ1n) is 6.00. The highest BCUT2D eigenvalue weighted by atomic mass is 14.7. The Morgan fingerprint density at radius 3 is 3.15 bits per heavy atom. The van der Waals surface area contributed by atoms with Crippen molar-refractivity contribution in [2.75, 3.05) is 0 Å². The topological polar surface area (TPSA) is 12.4 Å². The molecule has 1 rings (SSSR count). The van der Waals surface area contributed by atoms with Gasteiger partial charge in [0.2, 0.25) is 0 Å². The van der Waals surface area contributed by atoms with Crippen molar-refractivity contribution in [1.82, 2.24) is 0 Å². The van der Waals surface area contributed by atoms with E-state index in [9.17, 15) is 0 Å². The zero-order valence-corrected chi connectivity index (χ0v) is 7.84. The second-order valence-electron chi connectivity index (χ2n) is 3.16. The van der Waals surface area contributed by atoms with Gasteiger partial charge in [0.1, 0.15) is 0 Å². The van der Waals surface area contributed by atoms with E-state index < -0.39 is 6.85 Å². The van der Waals surface area contributed by atoms with E-state index in [-0.39, 0.29) is 0 Å². The molecule has 1 aliphatic heterocycles. The van der Waals surface area contributed by atoms with E-state index in [2.05, 4.69) is 18.2 Å². The van der Waals surface area contributed by atoms with Gasteiger partial charge in [-0.2, -0.15) is 0 Å². The molecule has 0 aliphatic carbocycles. The third-order valence-corrected chi connectivity index (χ3v) is 2.07. The van der Waals surface area contributed by atoms with Crippen molar-refractivity contribution in [3.8, 4) is 0 Å². The summed E-state index contributed by atoms with van der Waals surface area (Å²) >= 11 is 0. The summed E-state index contributed by atoms with van der Waals surface area (Å²) in [6, 6.07) is 0. The quantitative estimate of drug-likeness (QED) is 0.583. The maximum atomic E-state index is 7.27. The minimum atomic E-state index is -2.00. The lowest BCUT2D eigenvalue weighted by Gasteiger charge is -2.12. The Morgan fingerprint density at radius 1 is 1.77 bits per heavy atom. The Bertz CT molecular complexity index is 348. The number of nitrogens with zero attached hydrogens (tertiary/aromatic N) is 1. The average molecular weight is 178 g/mol. The molecule has 0 aromatic rings.